The molecule has 2 aliphatic rings. The zero-order chi connectivity index (χ0) is 17.2. The summed E-state index contributed by atoms with van der Waals surface area (Å²) in [7, 11) is 0. The Morgan fingerprint density at radius 2 is 1.76 bits per heavy atom. The first-order valence-electron chi connectivity index (χ1n) is 9.36. The van der Waals surface area contributed by atoms with Gasteiger partial charge in [-0.25, -0.2) is 0 Å². The van der Waals surface area contributed by atoms with Gasteiger partial charge in [-0.15, -0.1) is 0 Å². The number of carbonyl (C=O) groups excluding carboxylic acids is 1. The number of nitrogens with zero attached hydrogens (tertiary/aromatic N) is 2. The Morgan fingerprint density at radius 3 is 2.32 bits per heavy atom. The molecule has 132 valence electrons. The third-order valence-corrected chi connectivity index (χ3v) is 5.52. The summed E-state index contributed by atoms with van der Waals surface area (Å²) in [5.41, 5.74) is 2.43. The van der Waals surface area contributed by atoms with Crippen LogP contribution in [0.2, 0.25) is 0 Å². The minimum atomic E-state index is 0.323. The molecule has 0 N–H and O–H groups in total. The van der Waals surface area contributed by atoms with Crippen molar-refractivity contribution in [2.75, 3.05) is 26.2 Å². The maximum Gasteiger partial charge on any atom is 0.225 e. The van der Waals surface area contributed by atoms with Gasteiger partial charge in [0, 0.05) is 44.2 Å². The fourth-order valence-electron chi connectivity index (χ4n) is 3.66. The van der Waals surface area contributed by atoms with Crippen LogP contribution in [-0.2, 0) is 11.3 Å². The number of carbonyl (C=O) groups is 1. The Labute approximate surface area is 149 Å². The lowest BCUT2D eigenvalue weighted by atomic mass is 9.84. The molecule has 4 nitrogen and oxygen atoms in total. The van der Waals surface area contributed by atoms with Crippen molar-refractivity contribution in [3.8, 4) is 11.3 Å². The van der Waals surface area contributed by atoms with Crippen molar-refractivity contribution in [1.82, 2.24) is 9.80 Å². The smallest absolute Gasteiger partial charge is 0.225 e. The highest BCUT2D eigenvalue weighted by atomic mass is 16.3. The second kappa shape index (κ2) is 7.04. The normalized spacial score (nSPS) is 19.0. The number of rotatable bonds is 4. The first-order valence-corrected chi connectivity index (χ1v) is 9.36. The Hall–Kier alpha value is -2.07. The van der Waals surface area contributed by atoms with E-state index < -0.39 is 0 Å². The molecule has 25 heavy (non-hydrogen) atoms. The van der Waals surface area contributed by atoms with Crippen LogP contribution < -0.4 is 0 Å². The van der Waals surface area contributed by atoms with E-state index in [1.165, 1.54) is 12.0 Å². The molecule has 2 fully saturated rings. The standard InChI is InChI=1S/C21H26N2O2/c1-16-5-10-20(25-16)18-8-6-17(7-9-18)15-22-11-13-23(14-12-22)21(24)19-3-2-4-19/h5-10,19H,2-4,11-15H2,1H3. The first kappa shape index (κ1) is 16.4. The van der Waals surface area contributed by atoms with Crippen LogP contribution in [0.5, 0.6) is 0 Å². The highest BCUT2D eigenvalue weighted by molar-refractivity contribution is 5.79. The molecule has 2 heterocycles. The van der Waals surface area contributed by atoms with E-state index in [1.54, 1.807) is 0 Å². The SMILES string of the molecule is Cc1ccc(-c2ccc(CN3CCN(C(=O)C4CCC4)CC3)cc2)o1. The molecule has 1 aliphatic carbocycles. The van der Waals surface area contributed by atoms with Crippen LogP contribution in [0.1, 0.15) is 30.6 Å². The Balaban J connectivity index is 1.30. The van der Waals surface area contributed by atoms with Crippen molar-refractivity contribution < 1.29 is 9.21 Å². The minimum Gasteiger partial charge on any atom is -0.461 e. The van der Waals surface area contributed by atoms with Gasteiger partial charge in [-0.1, -0.05) is 30.7 Å². The Kier molecular flexibility index (Phi) is 4.62. The number of piperazine rings is 1. The largest absolute Gasteiger partial charge is 0.461 e. The number of benzene rings is 1. The molecule has 1 saturated heterocycles. The van der Waals surface area contributed by atoms with Crippen LogP contribution in [0.4, 0.5) is 0 Å². The van der Waals surface area contributed by atoms with Gasteiger partial charge in [0.25, 0.3) is 0 Å². The lowest BCUT2D eigenvalue weighted by Gasteiger charge is -2.38. The van der Waals surface area contributed by atoms with Crippen LogP contribution in [-0.4, -0.2) is 41.9 Å². The lowest BCUT2D eigenvalue weighted by molar-refractivity contribution is -0.140. The van der Waals surface area contributed by atoms with Gasteiger partial charge in [0.1, 0.15) is 11.5 Å². The minimum absolute atomic E-state index is 0.323. The maximum atomic E-state index is 12.3. The summed E-state index contributed by atoms with van der Waals surface area (Å²) >= 11 is 0. The summed E-state index contributed by atoms with van der Waals surface area (Å²) in [5, 5.41) is 0. The molecule has 2 aromatic rings. The van der Waals surface area contributed by atoms with Crippen molar-refractivity contribution >= 4 is 5.91 Å². The summed E-state index contributed by atoms with van der Waals surface area (Å²) in [6, 6.07) is 12.6. The second-order valence-electron chi connectivity index (χ2n) is 7.34. The van der Waals surface area contributed by atoms with Gasteiger partial charge < -0.3 is 9.32 Å². The van der Waals surface area contributed by atoms with Crippen LogP contribution in [0, 0.1) is 12.8 Å². The van der Waals surface area contributed by atoms with E-state index in [0.717, 1.165) is 62.6 Å². The van der Waals surface area contributed by atoms with Crippen molar-refractivity contribution in [3.05, 3.63) is 47.7 Å². The molecule has 4 heteroatoms. The number of hydrogen-bond acceptors (Lipinski definition) is 3. The molecular weight excluding hydrogens is 312 g/mol. The van der Waals surface area contributed by atoms with Gasteiger partial charge in [-0.3, -0.25) is 9.69 Å². The molecule has 1 aromatic heterocycles. The zero-order valence-corrected chi connectivity index (χ0v) is 14.9. The van der Waals surface area contributed by atoms with Crippen molar-refractivity contribution in [1.29, 1.82) is 0 Å². The van der Waals surface area contributed by atoms with E-state index >= 15 is 0 Å². The molecule has 1 aliphatic heterocycles. The molecule has 0 atom stereocenters. The van der Waals surface area contributed by atoms with E-state index in [0.29, 0.717) is 11.8 Å². The predicted octanol–water partition coefficient (Wildman–Crippen LogP) is 3.70. The lowest BCUT2D eigenvalue weighted by Crippen LogP contribution is -2.50. The van der Waals surface area contributed by atoms with Crippen molar-refractivity contribution in [2.45, 2.75) is 32.7 Å². The summed E-state index contributed by atoms with van der Waals surface area (Å²) in [4.78, 5) is 16.8. The van der Waals surface area contributed by atoms with Crippen LogP contribution in [0.15, 0.2) is 40.8 Å². The van der Waals surface area contributed by atoms with Gasteiger partial charge in [-0.2, -0.15) is 0 Å². The molecule has 0 bridgehead atoms. The van der Waals surface area contributed by atoms with Crippen LogP contribution >= 0.6 is 0 Å². The molecule has 1 amide bonds. The monoisotopic (exact) mass is 338 g/mol. The molecule has 0 radical (unpaired) electrons. The number of amides is 1. The fourth-order valence-corrected chi connectivity index (χ4v) is 3.66. The average molecular weight is 338 g/mol. The molecule has 0 spiro atoms. The predicted molar refractivity (Wildman–Crippen MR) is 98.1 cm³/mol. The first-order chi connectivity index (χ1) is 12.2. The highest BCUT2D eigenvalue weighted by Crippen LogP contribution is 2.28. The van der Waals surface area contributed by atoms with E-state index in [-0.39, 0.29) is 0 Å². The molecule has 0 unspecified atom stereocenters. The van der Waals surface area contributed by atoms with Gasteiger partial charge >= 0.3 is 0 Å². The highest BCUT2D eigenvalue weighted by Gasteiger charge is 2.31. The third kappa shape index (κ3) is 3.64. The maximum absolute atomic E-state index is 12.3. The summed E-state index contributed by atoms with van der Waals surface area (Å²) < 4.78 is 5.68. The van der Waals surface area contributed by atoms with Crippen LogP contribution in [0.3, 0.4) is 0 Å². The summed E-state index contributed by atoms with van der Waals surface area (Å²) in [5.74, 6) is 2.58. The quantitative estimate of drug-likeness (QED) is 0.853. The van der Waals surface area contributed by atoms with Gasteiger partial charge in [-0.05, 0) is 37.5 Å². The molecule has 4 rings (SSSR count). The van der Waals surface area contributed by atoms with Gasteiger partial charge in [0.05, 0.1) is 0 Å². The number of hydrogen-bond donors (Lipinski definition) is 0. The average Bonchev–Trinajstić information content (AvgIpc) is 3.01. The second-order valence-corrected chi connectivity index (χ2v) is 7.34. The number of furan rings is 1. The van der Waals surface area contributed by atoms with E-state index in [4.69, 9.17) is 4.42 Å². The van der Waals surface area contributed by atoms with Crippen molar-refractivity contribution in [3.63, 3.8) is 0 Å². The third-order valence-electron chi connectivity index (χ3n) is 5.52. The van der Waals surface area contributed by atoms with Gasteiger partial charge in [0.2, 0.25) is 5.91 Å². The van der Waals surface area contributed by atoms with Crippen molar-refractivity contribution in [2.24, 2.45) is 5.92 Å². The van der Waals surface area contributed by atoms with Gasteiger partial charge in [0.15, 0.2) is 0 Å². The summed E-state index contributed by atoms with van der Waals surface area (Å²) in [6.45, 7) is 6.60. The Morgan fingerprint density at radius 1 is 1.04 bits per heavy atom. The molecular formula is C21H26N2O2. The summed E-state index contributed by atoms with van der Waals surface area (Å²) in [6.07, 6.45) is 3.42. The number of aryl methyl sites for hydroxylation is 1. The van der Waals surface area contributed by atoms with E-state index in [9.17, 15) is 4.79 Å². The molecule has 1 aromatic carbocycles. The van der Waals surface area contributed by atoms with Crippen LogP contribution in [0.25, 0.3) is 11.3 Å². The van der Waals surface area contributed by atoms with E-state index in [1.807, 2.05) is 19.1 Å². The topological polar surface area (TPSA) is 36.7 Å². The Bertz CT molecular complexity index is 723. The van der Waals surface area contributed by atoms with E-state index in [2.05, 4.69) is 34.1 Å². The molecule has 1 saturated carbocycles. The fraction of sp³-hybridized carbons (Fsp3) is 0.476. The zero-order valence-electron chi connectivity index (χ0n) is 14.9.